The topological polar surface area (TPSA) is 76.1 Å². The predicted molar refractivity (Wildman–Crippen MR) is 100 cm³/mol. The molecule has 0 bridgehead atoms. The number of hydrogen-bond acceptors (Lipinski definition) is 5. The number of ether oxygens (including phenoxy) is 1. The first-order chi connectivity index (χ1) is 12.1. The van der Waals surface area contributed by atoms with Crippen molar-refractivity contribution in [3.63, 3.8) is 0 Å². The highest BCUT2D eigenvalue weighted by atomic mass is 35.5. The molecule has 1 amide bonds. The Hall–Kier alpha value is -1.96. The highest BCUT2D eigenvalue weighted by Crippen LogP contribution is 2.35. The molecule has 1 aromatic carbocycles. The van der Waals surface area contributed by atoms with E-state index in [1.54, 1.807) is 12.1 Å². The molecule has 0 saturated heterocycles. The predicted octanol–water partition coefficient (Wildman–Crippen LogP) is 3.66. The minimum atomic E-state index is -0.548. The van der Waals surface area contributed by atoms with E-state index in [0.29, 0.717) is 24.9 Å². The van der Waals surface area contributed by atoms with Crippen molar-refractivity contribution in [3.05, 3.63) is 47.1 Å². The molecular formula is C17H21Cl2FN4O2. The number of carbonyl (C=O) groups excluding carboxylic acids is 1. The summed E-state index contributed by atoms with van der Waals surface area (Å²) in [4.78, 5) is 18.3. The number of carbonyl (C=O) groups is 1. The zero-order chi connectivity index (χ0) is 18.2. The van der Waals surface area contributed by atoms with Crippen LogP contribution in [0.4, 0.5) is 4.39 Å². The molecule has 0 saturated carbocycles. The van der Waals surface area contributed by atoms with Crippen LogP contribution in [0.2, 0.25) is 5.02 Å². The van der Waals surface area contributed by atoms with Gasteiger partial charge in [-0.25, -0.2) is 9.37 Å². The van der Waals surface area contributed by atoms with Gasteiger partial charge in [0.2, 0.25) is 12.3 Å². The van der Waals surface area contributed by atoms with Gasteiger partial charge in [0, 0.05) is 36.6 Å². The van der Waals surface area contributed by atoms with Crippen LogP contribution in [0.25, 0.3) is 0 Å². The lowest BCUT2D eigenvalue weighted by atomic mass is 10.0. The summed E-state index contributed by atoms with van der Waals surface area (Å²) in [5.41, 5.74) is 0.434. The minimum absolute atomic E-state index is 0. The molecule has 0 fully saturated rings. The number of hydrogen-bond donors (Lipinski definition) is 2. The molecule has 0 aliphatic carbocycles. The van der Waals surface area contributed by atoms with E-state index in [1.165, 1.54) is 18.6 Å². The lowest BCUT2D eigenvalue weighted by Gasteiger charge is -2.23. The number of halogens is 3. The van der Waals surface area contributed by atoms with Gasteiger partial charge in [0.25, 0.3) is 0 Å². The lowest BCUT2D eigenvalue weighted by Crippen LogP contribution is -2.38. The van der Waals surface area contributed by atoms with Crippen molar-refractivity contribution in [3.8, 4) is 11.6 Å². The van der Waals surface area contributed by atoms with E-state index in [0.717, 1.165) is 0 Å². The Bertz CT molecular complexity index is 707. The van der Waals surface area contributed by atoms with Gasteiger partial charge in [0.15, 0.2) is 11.6 Å². The average molecular weight is 403 g/mol. The fraction of sp³-hybridized carbons (Fsp3) is 0.353. The molecule has 0 spiro atoms. The Balaban J connectivity index is 0.00000338. The largest absolute Gasteiger partial charge is 0.433 e. The van der Waals surface area contributed by atoms with Crippen molar-refractivity contribution >= 4 is 30.4 Å². The summed E-state index contributed by atoms with van der Waals surface area (Å²) in [6.07, 6.45) is 5.60. The highest BCUT2D eigenvalue weighted by molar-refractivity contribution is 6.32. The van der Waals surface area contributed by atoms with E-state index in [-0.39, 0.29) is 41.1 Å². The summed E-state index contributed by atoms with van der Waals surface area (Å²) in [6, 6.07) is 2.92. The van der Waals surface area contributed by atoms with Crippen molar-refractivity contribution in [1.29, 1.82) is 0 Å². The molecule has 142 valence electrons. The summed E-state index contributed by atoms with van der Waals surface area (Å²) in [5, 5.41) is 6.03. The first-order valence-electron chi connectivity index (χ1n) is 7.91. The Morgan fingerprint density at radius 1 is 1.38 bits per heavy atom. The molecule has 2 atom stereocenters. The second-order valence-electron chi connectivity index (χ2n) is 5.48. The number of nitrogens with one attached hydrogen (secondary N) is 2. The quantitative estimate of drug-likeness (QED) is 0.625. The van der Waals surface area contributed by atoms with Gasteiger partial charge in [0.05, 0.1) is 11.2 Å². The van der Waals surface area contributed by atoms with E-state index < -0.39 is 5.82 Å². The van der Waals surface area contributed by atoms with Crippen molar-refractivity contribution in [2.45, 2.75) is 32.4 Å². The van der Waals surface area contributed by atoms with Gasteiger partial charge in [-0.1, -0.05) is 24.6 Å². The molecule has 0 unspecified atom stereocenters. The van der Waals surface area contributed by atoms with Crippen molar-refractivity contribution in [1.82, 2.24) is 20.6 Å². The van der Waals surface area contributed by atoms with E-state index >= 15 is 0 Å². The molecule has 0 aliphatic heterocycles. The van der Waals surface area contributed by atoms with Gasteiger partial charge >= 0.3 is 0 Å². The summed E-state index contributed by atoms with van der Waals surface area (Å²) >= 11 is 6.09. The fourth-order valence-electron chi connectivity index (χ4n) is 2.41. The number of amides is 1. The van der Waals surface area contributed by atoms with Gasteiger partial charge < -0.3 is 15.4 Å². The summed E-state index contributed by atoms with van der Waals surface area (Å²) in [6.45, 7) is 4.29. The van der Waals surface area contributed by atoms with Crippen molar-refractivity contribution in [2.75, 3.05) is 6.54 Å². The number of rotatable bonds is 9. The molecule has 26 heavy (non-hydrogen) atoms. The van der Waals surface area contributed by atoms with Crippen LogP contribution >= 0.6 is 24.0 Å². The summed E-state index contributed by atoms with van der Waals surface area (Å²) < 4.78 is 20.5. The maximum absolute atomic E-state index is 15.0. The molecule has 2 N–H and O–H groups in total. The molecule has 1 aromatic heterocycles. The second kappa shape index (κ2) is 10.9. The first-order valence-corrected chi connectivity index (χ1v) is 8.29. The number of nitrogens with zero attached hydrogens (tertiary/aromatic N) is 2. The standard InChI is InChI=1S/C17H20ClFN4O2.ClH/c1-3-14(23-11(2)8-21-10-24)12-4-5-13(18)17(16(12)19)25-15-9-20-6-7-22-15;/h4-7,9-11,14,23H,3,8H2,1-2H3,(H,21,24);1H/t11-,14-;/m1./s1. The molecule has 0 aliphatic rings. The average Bonchev–Trinajstić information content (AvgIpc) is 2.63. The molecule has 2 rings (SSSR count). The first kappa shape index (κ1) is 22.1. The number of benzene rings is 1. The third-order valence-corrected chi connectivity index (χ3v) is 3.90. The van der Waals surface area contributed by atoms with Gasteiger partial charge in [-0.15, -0.1) is 12.4 Å². The SMILES string of the molecule is CC[C@@H](N[C@H](C)CNC=O)c1ccc(Cl)c(Oc2cnccn2)c1F.Cl. The Morgan fingerprint density at radius 3 is 2.77 bits per heavy atom. The fourth-order valence-corrected chi connectivity index (χ4v) is 2.59. The molecule has 0 radical (unpaired) electrons. The zero-order valence-electron chi connectivity index (χ0n) is 14.4. The van der Waals surface area contributed by atoms with Crippen LogP contribution in [0.1, 0.15) is 31.9 Å². The lowest BCUT2D eigenvalue weighted by molar-refractivity contribution is -0.109. The summed E-state index contributed by atoms with van der Waals surface area (Å²) in [5.74, 6) is -0.475. The number of aromatic nitrogens is 2. The molecule has 6 nitrogen and oxygen atoms in total. The van der Waals surface area contributed by atoms with Crippen LogP contribution in [0.15, 0.2) is 30.7 Å². The van der Waals surface area contributed by atoms with Gasteiger partial charge in [-0.2, -0.15) is 0 Å². The Labute approximate surface area is 162 Å². The van der Waals surface area contributed by atoms with E-state index in [2.05, 4.69) is 20.6 Å². The molecular weight excluding hydrogens is 382 g/mol. The monoisotopic (exact) mass is 402 g/mol. The van der Waals surface area contributed by atoms with E-state index in [1.807, 2.05) is 13.8 Å². The van der Waals surface area contributed by atoms with E-state index in [4.69, 9.17) is 16.3 Å². The molecule has 1 heterocycles. The second-order valence-corrected chi connectivity index (χ2v) is 5.89. The van der Waals surface area contributed by atoms with Crippen LogP contribution in [0.3, 0.4) is 0 Å². The Morgan fingerprint density at radius 2 is 2.15 bits per heavy atom. The third kappa shape index (κ3) is 5.79. The van der Waals surface area contributed by atoms with Crippen LogP contribution in [0.5, 0.6) is 11.6 Å². The highest BCUT2D eigenvalue weighted by Gasteiger charge is 2.22. The van der Waals surface area contributed by atoms with Crippen LogP contribution in [0, 0.1) is 5.82 Å². The normalized spacial score (nSPS) is 12.6. The van der Waals surface area contributed by atoms with Gasteiger partial charge in [0.1, 0.15) is 0 Å². The van der Waals surface area contributed by atoms with Crippen LogP contribution < -0.4 is 15.4 Å². The Kier molecular flexibility index (Phi) is 9.26. The van der Waals surface area contributed by atoms with Crippen molar-refractivity contribution in [2.24, 2.45) is 0 Å². The van der Waals surface area contributed by atoms with Crippen LogP contribution in [-0.4, -0.2) is 29.0 Å². The molecule has 2 aromatic rings. The van der Waals surface area contributed by atoms with Crippen molar-refractivity contribution < 1.29 is 13.9 Å². The maximum atomic E-state index is 15.0. The zero-order valence-corrected chi connectivity index (χ0v) is 16.0. The van der Waals surface area contributed by atoms with E-state index in [9.17, 15) is 9.18 Å². The van der Waals surface area contributed by atoms with Gasteiger partial charge in [-0.3, -0.25) is 9.78 Å². The van der Waals surface area contributed by atoms with Gasteiger partial charge in [-0.05, 0) is 19.4 Å². The third-order valence-electron chi connectivity index (χ3n) is 3.60. The molecule has 9 heteroatoms. The summed E-state index contributed by atoms with van der Waals surface area (Å²) in [7, 11) is 0. The smallest absolute Gasteiger partial charge is 0.238 e. The maximum Gasteiger partial charge on any atom is 0.238 e. The van der Waals surface area contributed by atoms with Crippen LogP contribution in [-0.2, 0) is 4.79 Å². The minimum Gasteiger partial charge on any atom is -0.433 e.